The number of hydrogen-bond donors (Lipinski definition) is 1. The van der Waals surface area contributed by atoms with E-state index in [-0.39, 0.29) is 6.10 Å². The molecule has 1 atom stereocenters. The van der Waals surface area contributed by atoms with Gasteiger partial charge in [-0.1, -0.05) is 24.3 Å². The molecule has 0 bridgehead atoms. The van der Waals surface area contributed by atoms with Crippen LogP contribution in [-0.4, -0.2) is 29.2 Å². The third kappa shape index (κ3) is 2.24. The summed E-state index contributed by atoms with van der Waals surface area (Å²) < 4.78 is 0. The molecule has 0 radical (unpaired) electrons. The zero-order valence-corrected chi connectivity index (χ0v) is 10.3. The third-order valence-corrected chi connectivity index (χ3v) is 4.28. The summed E-state index contributed by atoms with van der Waals surface area (Å²) in [6, 6.07) is 9.49. The fourth-order valence-electron chi connectivity index (χ4n) is 3.31. The molecule has 1 heterocycles. The monoisotopic (exact) mass is 231 g/mol. The van der Waals surface area contributed by atoms with Crippen molar-refractivity contribution in [2.24, 2.45) is 0 Å². The number of piperidine rings is 1. The van der Waals surface area contributed by atoms with Crippen LogP contribution >= 0.6 is 0 Å². The highest BCUT2D eigenvalue weighted by atomic mass is 16.3. The molecule has 1 N–H and O–H groups in total. The van der Waals surface area contributed by atoms with Crippen molar-refractivity contribution in [3.05, 3.63) is 35.4 Å². The van der Waals surface area contributed by atoms with Crippen molar-refractivity contribution in [1.29, 1.82) is 0 Å². The summed E-state index contributed by atoms with van der Waals surface area (Å²) in [5, 5.41) is 9.59. The van der Waals surface area contributed by atoms with Gasteiger partial charge in [-0.3, -0.25) is 4.90 Å². The summed E-state index contributed by atoms with van der Waals surface area (Å²) >= 11 is 0. The molecule has 1 aromatic rings. The maximum Gasteiger partial charge on any atom is 0.0564 e. The molecular weight excluding hydrogens is 210 g/mol. The normalized spacial score (nSPS) is 26.8. The molecular formula is C15H21NO. The van der Waals surface area contributed by atoms with Crippen LogP contribution in [0.5, 0.6) is 0 Å². The maximum atomic E-state index is 9.59. The molecule has 1 fully saturated rings. The van der Waals surface area contributed by atoms with Gasteiger partial charge in [-0.25, -0.2) is 0 Å². The molecule has 1 aromatic carbocycles. The molecule has 0 spiro atoms. The Labute approximate surface area is 103 Å². The number of aryl methyl sites for hydroxylation is 1. The van der Waals surface area contributed by atoms with Crippen LogP contribution in [0.1, 0.15) is 42.9 Å². The van der Waals surface area contributed by atoms with E-state index in [9.17, 15) is 5.11 Å². The Morgan fingerprint density at radius 1 is 1.06 bits per heavy atom. The molecule has 1 aliphatic carbocycles. The van der Waals surface area contributed by atoms with Gasteiger partial charge in [0.25, 0.3) is 0 Å². The van der Waals surface area contributed by atoms with Gasteiger partial charge in [-0.15, -0.1) is 0 Å². The molecule has 2 aliphatic rings. The Morgan fingerprint density at radius 3 is 2.65 bits per heavy atom. The van der Waals surface area contributed by atoms with Crippen molar-refractivity contribution in [2.75, 3.05) is 13.1 Å². The van der Waals surface area contributed by atoms with Crippen LogP contribution in [0.4, 0.5) is 0 Å². The first-order chi connectivity index (χ1) is 8.34. The molecule has 1 saturated heterocycles. The van der Waals surface area contributed by atoms with E-state index >= 15 is 0 Å². The molecule has 0 aromatic heterocycles. The number of aliphatic hydroxyl groups excluding tert-OH is 1. The molecule has 1 unspecified atom stereocenters. The summed E-state index contributed by atoms with van der Waals surface area (Å²) in [5.41, 5.74) is 3.07. The third-order valence-electron chi connectivity index (χ3n) is 4.28. The minimum atomic E-state index is -0.0647. The Bertz CT molecular complexity index is 382. The zero-order chi connectivity index (χ0) is 11.7. The van der Waals surface area contributed by atoms with Gasteiger partial charge in [-0.05, 0) is 43.2 Å². The van der Waals surface area contributed by atoms with Crippen LogP contribution in [0.3, 0.4) is 0 Å². The lowest BCUT2D eigenvalue weighted by atomic mass is 9.86. The van der Waals surface area contributed by atoms with Gasteiger partial charge in [0.15, 0.2) is 0 Å². The van der Waals surface area contributed by atoms with Crippen LogP contribution in [0.15, 0.2) is 24.3 Å². The van der Waals surface area contributed by atoms with E-state index < -0.39 is 0 Å². The minimum absolute atomic E-state index is 0.0647. The second kappa shape index (κ2) is 4.79. The van der Waals surface area contributed by atoms with Crippen LogP contribution in [0.2, 0.25) is 0 Å². The molecule has 3 rings (SSSR count). The second-order valence-corrected chi connectivity index (χ2v) is 5.37. The average Bonchev–Trinajstić information content (AvgIpc) is 2.39. The van der Waals surface area contributed by atoms with Gasteiger partial charge in [0, 0.05) is 19.1 Å². The van der Waals surface area contributed by atoms with E-state index in [1.165, 1.54) is 30.4 Å². The van der Waals surface area contributed by atoms with Crippen molar-refractivity contribution in [3.63, 3.8) is 0 Å². The summed E-state index contributed by atoms with van der Waals surface area (Å²) in [6.45, 7) is 2.11. The van der Waals surface area contributed by atoms with E-state index in [2.05, 4.69) is 29.2 Å². The number of fused-ring (bicyclic) bond motifs is 1. The highest BCUT2D eigenvalue weighted by Crippen LogP contribution is 2.35. The predicted molar refractivity (Wildman–Crippen MR) is 68.9 cm³/mol. The number of likely N-dealkylation sites (tertiary alicyclic amines) is 1. The predicted octanol–water partition coefficient (Wildman–Crippen LogP) is 2.52. The van der Waals surface area contributed by atoms with Gasteiger partial charge < -0.3 is 5.11 Å². The lowest BCUT2D eigenvalue weighted by Crippen LogP contribution is -2.39. The number of hydrogen-bond acceptors (Lipinski definition) is 2. The molecule has 0 saturated carbocycles. The summed E-state index contributed by atoms with van der Waals surface area (Å²) in [6.07, 6.45) is 5.65. The highest BCUT2D eigenvalue weighted by molar-refractivity contribution is 5.32. The van der Waals surface area contributed by atoms with Gasteiger partial charge in [-0.2, -0.15) is 0 Å². The van der Waals surface area contributed by atoms with Gasteiger partial charge in [0.05, 0.1) is 6.10 Å². The van der Waals surface area contributed by atoms with Gasteiger partial charge >= 0.3 is 0 Å². The standard InChI is InChI=1S/C15H21NO/c17-13-8-10-16(11-9-13)15-7-3-5-12-4-1-2-6-14(12)15/h1-2,4,6,13,15,17H,3,5,7-11H2. The van der Waals surface area contributed by atoms with Crippen LogP contribution in [0, 0.1) is 0 Å². The number of benzene rings is 1. The van der Waals surface area contributed by atoms with Crippen molar-refractivity contribution < 1.29 is 5.11 Å². The Balaban J connectivity index is 1.80. The quantitative estimate of drug-likeness (QED) is 0.803. The van der Waals surface area contributed by atoms with E-state index in [1.807, 2.05) is 0 Å². The minimum Gasteiger partial charge on any atom is -0.393 e. The van der Waals surface area contributed by atoms with Crippen molar-refractivity contribution in [3.8, 4) is 0 Å². The van der Waals surface area contributed by atoms with Gasteiger partial charge in [0.2, 0.25) is 0 Å². The SMILES string of the molecule is OC1CCN(C2CCCc3ccccc32)CC1. The summed E-state index contributed by atoms with van der Waals surface area (Å²) in [5.74, 6) is 0. The lowest BCUT2D eigenvalue weighted by Gasteiger charge is -2.39. The van der Waals surface area contributed by atoms with E-state index in [1.54, 1.807) is 0 Å². The van der Waals surface area contributed by atoms with Gasteiger partial charge in [0.1, 0.15) is 0 Å². The smallest absolute Gasteiger partial charge is 0.0564 e. The Hall–Kier alpha value is -0.860. The molecule has 17 heavy (non-hydrogen) atoms. The highest BCUT2D eigenvalue weighted by Gasteiger charge is 2.28. The average molecular weight is 231 g/mol. The molecule has 2 heteroatoms. The fourth-order valence-corrected chi connectivity index (χ4v) is 3.31. The van der Waals surface area contributed by atoms with Crippen molar-refractivity contribution in [2.45, 2.75) is 44.2 Å². The van der Waals surface area contributed by atoms with Crippen LogP contribution in [0.25, 0.3) is 0 Å². The van der Waals surface area contributed by atoms with E-state index in [0.29, 0.717) is 6.04 Å². The zero-order valence-electron chi connectivity index (χ0n) is 10.3. The number of rotatable bonds is 1. The molecule has 1 aliphatic heterocycles. The number of aliphatic hydroxyl groups is 1. The summed E-state index contributed by atoms with van der Waals surface area (Å²) in [4.78, 5) is 2.57. The Morgan fingerprint density at radius 2 is 1.82 bits per heavy atom. The lowest BCUT2D eigenvalue weighted by molar-refractivity contribution is 0.0558. The Kier molecular flexibility index (Phi) is 3.17. The van der Waals surface area contributed by atoms with Crippen LogP contribution in [-0.2, 0) is 6.42 Å². The summed E-state index contributed by atoms with van der Waals surface area (Å²) in [7, 11) is 0. The topological polar surface area (TPSA) is 23.5 Å². The maximum absolute atomic E-state index is 9.59. The molecule has 92 valence electrons. The van der Waals surface area contributed by atoms with E-state index in [4.69, 9.17) is 0 Å². The number of nitrogens with zero attached hydrogens (tertiary/aromatic N) is 1. The van der Waals surface area contributed by atoms with Crippen LogP contribution < -0.4 is 0 Å². The second-order valence-electron chi connectivity index (χ2n) is 5.37. The van der Waals surface area contributed by atoms with Crippen molar-refractivity contribution in [1.82, 2.24) is 4.90 Å². The largest absolute Gasteiger partial charge is 0.393 e. The first-order valence-electron chi connectivity index (χ1n) is 6.84. The first-order valence-corrected chi connectivity index (χ1v) is 6.84. The molecule has 0 amide bonds. The fraction of sp³-hybridized carbons (Fsp3) is 0.600. The van der Waals surface area contributed by atoms with E-state index in [0.717, 1.165) is 25.9 Å². The molecule has 2 nitrogen and oxygen atoms in total. The van der Waals surface area contributed by atoms with Crippen molar-refractivity contribution >= 4 is 0 Å². The first kappa shape index (κ1) is 11.2.